The summed E-state index contributed by atoms with van der Waals surface area (Å²) in [5.74, 6) is -1.38. The summed E-state index contributed by atoms with van der Waals surface area (Å²) in [6, 6.07) is -0.269. The van der Waals surface area contributed by atoms with E-state index in [-0.39, 0.29) is 35.6 Å². The second kappa shape index (κ2) is 16.3. The van der Waals surface area contributed by atoms with Crippen molar-refractivity contribution < 1.29 is 19.8 Å². The van der Waals surface area contributed by atoms with Gasteiger partial charge in [-0.15, -0.1) is 0 Å². The molecular formula is C15H29NNaO4. The van der Waals surface area contributed by atoms with Crippen LogP contribution in [0.3, 0.4) is 0 Å². The fourth-order valence-corrected chi connectivity index (χ4v) is 2.13. The second-order valence-corrected chi connectivity index (χ2v) is 5.25. The van der Waals surface area contributed by atoms with Gasteiger partial charge in [0.1, 0.15) is 6.04 Å². The van der Waals surface area contributed by atoms with Gasteiger partial charge >= 0.3 is 11.9 Å². The monoisotopic (exact) mass is 310 g/mol. The van der Waals surface area contributed by atoms with Crippen LogP contribution in [0.5, 0.6) is 0 Å². The third-order valence-electron chi connectivity index (χ3n) is 3.35. The summed E-state index contributed by atoms with van der Waals surface area (Å²) in [6.07, 6.45) is 10.4. The average molecular weight is 310 g/mol. The maximum absolute atomic E-state index is 10.1. The van der Waals surface area contributed by atoms with Crippen molar-refractivity contribution in [3.63, 3.8) is 0 Å². The minimum absolute atomic E-state index is 0. The Hall–Kier alpha value is -0.100. The smallest absolute Gasteiger partial charge is 0.320 e. The normalized spacial score (nSPS) is 16.5. The fourth-order valence-electron chi connectivity index (χ4n) is 2.13. The Balaban J connectivity index is 0. The molecule has 1 aliphatic heterocycles. The average Bonchev–Trinajstić information content (AvgIpc) is 2.92. The predicted molar refractivity (Wildman–Crippen MR) is 84.7 cm³/mol. The third kappa shape index (κ3) is 16.1. The number of nitrogens with one attached hydrogen (secondary N) is 1. The van der Waals surface area contributed by atoms with Crippen LogP contribution in [0.2, 0.25) is 0 Å². The van der Waals surface area contributed by atoms with Crippen molar-refractivity contribution in [2.45, 2.75) is 77.2 Å². The van der Waals surface area contributed by atoms with E-state index in [9.17, 15) is 9.59 Å². The van der Waals surface area contributed by atoms with Gasteiger partial charge in [-0.1, -0.05) is 45.4 Å². The minimum atomic E-state index is -0.720. The summed E-state index contributed by atoms with van der Waals surface area (Å²) in [5, 5.41) is 19.6. The van der Waals surface area contributed by atoms with E-state index < -0.39 is 11.9 Å². The zero-order valence-electron chi connectivity index (χ0n) is 13.6. The number of aliphatic carboxylic acids is 2. The largest absolute Gasteiger partial charge is 0.481 e. The molecule has 119 valence electrons. The Labute approximate surface area is 150 Å². The Bertz CT molecular complexity index is 268. The van der Waals surface area contributed by atoms with E-state index in [0.717, 1.165) is 32.2 Å². The zero-order chi connectivity index (χ0) is 15.2. The van der Waals surface area contributed by atoms with E-state index in [0.29, 0.717) is 6.42 Å². The molecule has 0 aromatic carbocycles. The molecule has 0 amide bonds. The SMILES string of the molecule is CCCCCCCCCC(=O)O.O=C(O)[C@@H]1CCCN1.[Na]. The van der Waals surface area contributed by atoms with Crippen molar-refractivity contribution in [3.05, 3.63) is 0 Å². The van der Waals surface area contributed by atoms with Crippen LogP contribution >= 0.6 is 0 Å². The summed E-state index contributed by atoms with van der Waals surface area (Å²) in [5.41, 5.74) is 0. The van der Waals surface area contributed by atoms with Crippen LogP contribution < -0.4 is 5.32 Å². The molecule has 0 aromatic heterocycles. The number of carboxylic acids is 2. The molecule has 21 heavy (non-hydrogen) atoms. The molecule has 0 unspecified atom stereocenters. The van der Waals surface area contributed by atoms with Gasteiger partial charge in [-0.3, -0.25) is 9.59 Å². The van der Waals surface area contributed by atoms with E-state index in [1.807, 2.05) is 0 Å². The molecule has 1 aliphatic rings. The molecule has 1 heterocycles. The molecule has 1 saturated heterocycles. The molecule has 5 nitrogen and oxygen atoms in total. The first kappa shape index (κ1) is 23.2. The number of carbonyl (C=O) groups is 2. The number of hydrogen-bond donors (Lipinski definition) is 3. The second-order valence-electron chi connectivity index (χ2n) is 5.25. The quantitative estimate of drug-likeness (QED) is 0.450. The van der Waals surface area contributed by atoms with Gasteiger partial charge in [0, 0.05) is 36.0 Å². The first-order valence-electron chi connectivity index (χ1n) is 7.76. The molecule has 0 aromatic rings. The molecule has 0 aliphatic carbocycles. The van der Waals surface area contributed by atoms with Crippen molar-refractivity contribution in [2.24, 2.45) is 0 Å². The molecule has 1 radical (unpaired) electrons. The van der Waals surface area contributed by atoms with Gasteiger partial charge in [0.05, 0.1) is 0 Å². The van der Waals surface area contributed by atoms with Crippen LogP contribution in [0.1, 0.15) is 71.1 Å². The molecule has 1 fully saturated rings. The summed E-state index contributed by atoms with van der Waals surface area (Å²) in [7, 11) is 0. The predicted octanol–water partition coefficient (Wildman–Crippen LogP) is 2.65. The van der Waals surface area contributed by atoms with Crippen LogP contribution in [0.25, 0.3) is 0 Å². The van der Waals surface area contributed by atoms with Gasteiger partial charge in [0.2, 0.25) is 0 Å². The van der Waals surface area contributed by atoms with Gasteiger partial charge in [-0.05, 0) is 25.8 Å². The fraction of sp³-hybridized carbons (Fsp3) is 0.867. The first-order valence-corrected chi connectivity index (χ1v) is 7.76. The number of carboxylic acid groups (broad SMARTS) is 2. The summed E-state index contributed by atoms with van der Waals surface area (Å²) in [6.45, 7) is 3.06. The standard InChI is InChI=1S/C10H20O2.C5H9NO2.Na/c1-2-3-4-5-6-7-8-9-10(11)12;7-5(8)4-2-1-3-6-4;/h2-9H2,1H3,(H,11,12);4,6H,1-3H2,(H,7,8);/t;4-;/m.0./s1. The Morgan fingerprint density at radius 1 is 1.05 bits per heavy atom. The summed E-state index contributed by atoms with van der Waals surface area (Å²) >= 11 is 0. The topological polar surface area (TPSA) is 86.6 Å². The van der Waals surface area contributed by atoms with Crippen LogP contribution in [-0.4, -0.2) is 64.3 Å². The molecule has 1 atom stereocenters. The Kier molecular flexibility index (Phi) is 18.0. The van der Waals surface area contributed by atoms with Crippen molar-refractivity contribution in [1.82, 2.24) is 5.32 Å². The van der Waals surface area contributed by atoms with Crippen LogP contribution in [-0.2, 0) is 9.59 Å². The van der Waals surface area contributed by atoms with E-state index >= 15 is 0 Å². The first-order chi connectivity index (χ1) is 9.57. The van der Waals surface area contributed by atoms with Gasteiger partial charge in [0.25, 0.3) is 0 Å². The molecule has 0 bridgehead atoms. The van der Waals surface area contributed by atoms with Gasteiger partial charge in [-0.2, -0.15) is 0 Å². The molecule has 0 saturated carbocycles. The van der Waals surface area contributed by atoms with Gasteiger partial charge < -0.3 is 15.5 Å². The number of unbranched alkanes of at least 4 members (excludes halogenated alkanes) is 6. The molecular weight excluding hydrogens is 281 g/mol. The Morgan fingerprint density at radius 3 is 2.00 bits per heavy atom. The van der Waals surface area contributed by atoms with Crippen molar-refractivity contribution in [1.29, 1.82) is 0 Å². The molecule has 6 heteroatoms. The van der Waals surface area contributed by atoms with E-state index in [2.05, 4.69) is 12.2 Å². The maximum Gasteiger partial charge on any atom is 0.320 e. The van der Waals surface area contributed by atoms with Crippen molar-refractivity contribution in [2.75, 3.05) is 6.54 Å². The van der Waals surface area contributed by atoms with Crippen molar-refractivity contribution >= 4 is 41.5 Å². The summed E-state index contributed by atoms with van der Waals surface area (Å²) in [4.78, 5) is 20.3. The van der Waals surface area contributed by atoms with E-state index in [4.69, 9.17) is 10.2 Å². The Morgan fingerprint density at radius 2 is 1.62 bits per heavy atom. The van der Waals surface area contributed by atoms with Crippen LogP contribution in [0.4, 0.5) is 0 Å². The maximum atomic E-state index is 10.1. The molecule has 1 rings (SSSR count). The van der Waals surface area contributed by atoms with Crippen molar-refractivity contribution in [3.8, 4) is 0 Å². The molecule has 0 spiro atoms. The number of rotatable bonds is 9. The van der Waals surface area contributed by atoms with Gasteiger partial charge in [0.15, 0.2) is 0 Å². The zero-order valence-corrected chi connectivity index (χ0v) is 15.6. The summed E-state index contributed by atoms with van der Waals surface area (Å²) < 4.78 is 0. The van der Waals surface area contributed by atoms with E-state index in [1.54, 1.807) is 0 Å². The van der Waals surface area contributed by atoms with Crippen LogP contribution in [0.15, 0.2) is 0 Å². The van der Waals surface area contributed by atoms with E-state index in [1.165, 1.54) is 32.1 Å². The third-order valence-corrected chi connectivity index (χ3v) is 3.35. The minimum Gasteiger partial charge on any atom is -0.481 e. The molecule has 3 N–H and O–H groups in total. The van der Waals surface area contributed by atoms with Crippen LogP contribution in [0, 0.1) is 0 Å². The number of hydrogen-bond acceptors (Lipinski definition) is 3. The van der Waals surface area contributed by atoms with Gasteiger partial charge in [-0.25, -0.2) is 0 Å².